The molecule has 0 fully saturated rings. The number of ether oxygens (including phenoxy) is 1. The topological polar surface area (TPSA) is 114 Å². The Balaban J connectivity index is 5.24. The summed E-state index contributed by atoms with van der Waals surface area (Å²) in [5.74, 6) is -0.561. The van der Waals surface area contributed by atoms with E-state index in [1.54, 1.807) is 0 Å². The van der Waals surface area contributed by atoms with Crippen molar-refractivity contribution in [3.05, 3.63) is 60.8 Å². The molecule has 0 bridgehead atoms. The Morgan fingerprint density at radius 2 is 0.890 bits per heavy atom. The number of rotatable bonds is 55. The maximum absolute atomic E-state index is 13.5. The molecule has 0 aromatic carbocycles. The van der Waals surface area contributed by atoms with Crippen molar-refractivity contribution >= 4 is 19.7 Å². The number of carbonyl (C=O) groups excluding carboxylic acids is 2. The number of carbonyl (C=O) groups is 2. The van der Waals surface area contributed by atoms with Gasteiger partial charge in [-0.3, -0.25) is 14.2 Å². The largest absolute Gasteiger partial charge is 0.756 e. The van der Waals surface area contributed by atoms with Gasteiger partial charge in [-0.2, -0.15) is 0 Å². The molecule has 73 heavy (non-hydrogen) atoms. The molecule has 1 N–H and O–H groups in total. The van der Waals surface area contributed by atoms with E-state index in [9.17, 15) is 19.0 Å². The fourth-order valence-corrected chi connectivity index (χ4v) is 9.48. The lowest BCUT2D eigenvalue weighted by atomic mass is 10.0. The zero-order valence-corrected chi connectivity index (χ0v) is 49.5. The first-order chi connectivity index (χ1) is 35.4. The van der Waals surface area contributed by atoms with Crippen LogP contribution in [0.5, 0.6) is 0 Å². The second-order valence-corrected chi connectivity index (χ2v) is 23.3. The number of amides is 1. The Morgan fingerprint density at radius 1 is 0.493 bits per heavy atom. The summed E-state index contributed by atoms with van der Waals surface area (Å²) >= 11 is 0. The van der Waals surface area contributed by atoms with Crippen LogP contribution in [0.2, 0.25) is 0 Å². The van der Waals surface area contributed by atoms with Gasteiger partial charge in [0.15, 0.2) is 0 Å². The van der Waals surface area contributed by atoms with Crippen LogP contribution in [-0.2, 0) is 27.9 Å². The summed E-state index contributed by atoms with van der Waals surface area (Å²) in [4.78, 5) is 39.9. The molecule has 9 nitrogen and oxygen atoms in total. The van der Waals surface area contributed by atoms with Crippen LogP contribution in [0.4, 0.5) is 0 Å². The molecule has 3 atom stereocenters. The first-order valence-electron chi connectivity index (χ1n) is 30.6. The molecule has 1 amide bonds. The van der Waals surface area contributed by atoms with E-state index in [0.717, 1.165) is 77.0 Å². The number of esters is 1. The Hall–Kier alpha value is -2.29. The van der Waals surface area contributed by atoms with E-state index in [-0.39, 0.29) is 24.9 Å². The van der Waals surface area contributed by atoms with E-state index >= 15 is 0 Å². The van der Waals surface area contributed by atoms with Crippen LogP contribution in [0.15, 0.2) is 60.8 Å². The van der Waals surface area contributed by atoms with Crippen LogP contribution in [0.1, 0.15) is 278 Å². The van der Waals surface area contributed by atoms with Gasteiger partial charge in [0.05, 0.1) is 33.8 Å². The highest BCUT2D eigenvalue weighted by Gasteiger charge is 2.27. The lowest BCUT2D eigenvalue weighted by Gasteiger charge is -2.30. The molecule has 0 heterocycles. The third-order valence-electron chi connectivity index (χ3n) is 13.5. The van der Waals surface area contributed by atoms with Gasteiger partial charge in [-0.15, -0.1) is 0 Å². The van der Waals surface area contributed by atoms with Gasteiger partial charge in [-0.25, -0.2) is 0 Å². The van der Waals surface area contributed by atoms with E-state index in [2.05, 4.69) is 74.7 Å². The second-order valence-electron chi connectivity index (χ2n) is 21.9. The monoisotopic (exact) mass is 1040 g/mol. The van der Waals surface area contributed by atoms with Gasteiger partial charge in [0.2, 0.25) is 5.91 Å². The number of hydrogen-bond donors (Lipinski definition) is 1. The summed E-state index contributed by atoms with van der Waals surface area (Å²) in [6.07, 6.45) is 66.2. The number of quaternary nitrogens is 1. The van der Waals surface area contributed by atoms with E-state index in [1.807, 2.05) is 33.3 Å². The molecule has 0 saturated carbocycles. The third-order valence-corrected chi connectivity index (χ3v) is 14.5. The fraction of sp³-hybridized carbons (Fsp3) is 0.810. The number of likely N-dealkylation sites (N-methyl/N-ethyl adjacent to an activating group) is 1. The molecule has 0 aromatic heterocycles. The van der Waals surface area contributed by atoms with Gasteiger partial charge in [-0.05, 0) is 76.7 Å². The van der Waals surface area contributed by atoms with Gasteiger partial charge in [-0.1, -0.05) is 249 Å². The Labute approximate surface area is 451 Å². The molecule has 0 aromatic rings. The third kappa shape index (κ3) is 54.3. The number of allylic oxidation sites excluding steroid dienone is 9. The van der Waals surface area contributed by atoms with Crippen molar-refractivity contribution < 1.29 is 37.3 Å². The predicted octanol–water partition coefficient (Wildman–Crippen LogP) is 18.0. The van der Waals surface area contributed by atoms with Crippen molar-refractivity contribution in [3.63, 3.8) is 0 Å². The number of phosphoric acid groups is 1. The lowest BCUT2D eigenvalue weighted by molar-refractivity contribution is -0.870. The summed E-state index contributed by atoms with van der Waals surface area (Å²) in [7, 11) is 1.17. The second kappa shape index (κ2) is 53.1. The molecule has 10 heteroatoms. The standard InChI is InChI=1S/C63H117N2O7P/c1-7-10-13-16-19-22-25-28-29-30-31-32-33-34-35-38-40-43-46-49-52-55-62(66)64-60(59-71-73(68,69)70-58-57-65(4,5)6)61(54-51-48-45-42-39-36-26-23-20-17-14-11-8-2)72-63(67)56-53-50-47-44-41-37-27-24-21-18-15-12-9-3/h12,15,18,21,24,27-29,51,54,60-61H,7-11,13-14,16-17,19-20,22-23,25-26,30-50,52-53,55-59H2,1-6H3,(H-,64,66,68,69)/b15-12+,21-18+,27-24-,29-28+,54-51-. The van der Waals surface area contributed by atoms with Gasteiger partial charge in [0.1, 0.15) is 19.3 Å². The molecule has 0 saturated heterocycles. The summed E-state index contributed by atoms with van der Waals surface area (Å²) in [6, 6.07) is -0.897. The van der Waals surface area contributed by atoms with Crippen LogP contribution >= 0.6 is 7.82 Å². The Bertz CT molecular complexity index is 1440. The van der Waals surface area contributed by atoms with Crippen molar-refractivity contribution in [3.8, 4) is 0 Å². The highest BCUT2D eigenvalue weighted by atomic mass is 31.2. The highest BCUT2D eigenvalue weighted by molar-refractivity contribution is 7.45. The molecule has 426 valence electrons. The van der Waals surface area contributed by atoms with Crippen molar-refractivity contribution in [2.24, 2.45) is 0 Å². The summed E-state index contributed by atoms with van der Waals surface area (Å²) < 4.78 is 30.3. The van der Waals surface area contributed by atoms with E-state index in [1.165, 1.54) is 161 Å². The fourth-order valence-electron chi connectivity index (χ4n) is 8.75. The first-order valence-corrected chi connectivity index (χ1v) is 32.1. The van der Waals surface area contributed by atoms with Crippen LogP contribution < -0.4 is 10.2 Å². The summed E-state index contributed by atoms with van der Waals surface area (Å²) in [5, 5.41) is 3.02. The quantitative estimate of drug-likeness (QED) is 0.0161. The molecule has 0 rings (SSSR count). The van der Waals surface area contributed by atoms with E-state index < -0.39 is 26.6 Å². The average molecular weight is 1050 g/mol. The summed E-state index contributed by atoms with van der Waals surface area (Å²) in [6.45, 7) is 6.71. The molecule has 0 aliphatic heterocycles. The van der Waals surface area contributed by atoms with Crippen LogP contribution in [0.25, 0.3) is 0 Å². The Morgan fingerprint density at radius 3 is 1.34 bits per heavy atom. The number of nitrogens with one attached hydrogen (secondary N) is 1. The maximum Gasteiger partial charge on any atom is 0.306 e. The number of hydrogen-bond acceptors (Lipinski definition) is 7. The van der Waals surface area contributed by atoms with Crippen molar-refractivity contribution in [1.29, 1.82) is 0 Å². The molecule has 0 radical (unpaired) electrons. The lowest BCUT2D eigenvalue weighted by Crippen LogP contribution is -2.47. The minimum Gasteiger partial charge on any atom is -0.756 e. The zero-order valence-electron chi connectivity index (χ0n) is 48.6. The molecular weight excluding hydrogens is 928 g/mol. The maximum atomic E-state index is 13.5. The molecular formula is C63H117N2O7P. The minimum absolute atomic E-state index is 0.0267. The smallest absolute Gasteiger partial charge is 0.306 e. The van der Waals surface area contributed by atoms with Crippen LogP contribution in [0.3, 0.4) is 0 Å². The average Bonchev–Trinajstić information content (AvgIpc) is 3.35. The molecule has 3 unspecified atom stereocenters. The van der Waals surface area contributed by atoms with Gasteiger partial charge >= 0.3 is 5.97 Å². The van der Waals surface area contributed by atoms with Crippen molar-refractivity contribution in [2.75, 3.05) is 40.9 Å². The van der Waals surface area contributed by atoms with Crippen LogP contribution in [-0.4, -0.2) is 69.4 Å². The molecule has 0 spiro atoms. The molecule has 0 aliphatic rings. The van der Waals surface area contributed by atoms with Gasteiger partial charge in [0.25, 0.3) is 7.82 Å². The van der Waals surface area contributed by atoms with Gasteiger partial charge < -0.3 is 28.5 Å². The number of phosphoric ester groups is 1. The van der Waals surface area contributed by atoms with Crippen LogP contribution in [0, 0.1) is 0 Å². The normalized spacial score (nSPS) is 14.1. The van der Waals surface area contributed by atoms with Crippen molar-refractivity contribution in [1.82, 2.24) is 5.32 Å². The minimum atomic E-state index is -4.70. The number of unbranched alkanes of at least 4 members (excludes halogenated alkanes) is 33. The van der Waals surface area contributed by atoms with E-state index in [0.29, 0.717) is 23.9 Å². The first kappa shape index (κ1) is 70.7. The number of nitrogens with zero attached hydrogens (tertiary/aromatic N) is 1. The SMILES string of the molecule is CC/C=C/C=C/C=C\CCCCCCCC(=O)OC(/C=C\CCCCCCCCCCCCC)C(COP(=O)([O-])OCC[N+](C)(C)C)NC(=O)CCCCCCCCCCCCC/C=C/CCCCCCCC. The molecule has 0 aliphatic carbocycles. The summed E-state index contributed by atoms with van der Waals surface area (Å²) in [5.41, 5.74) is 0. The van der Waals surface area contributed by atoms with E-state index in [4.69, 9.17) is 13.8 Å². The predicted molar refractivity (Wildman–Crippen MR) is 312 cm³/mol. The highest BCUT2D eigenvalue weighted by Crippen LogP contribution is 2.38. The van der Waals surface area contributed by atoms with Gasteiger partial charge in [0, 0.05) is 12.8 Å². The Kier molecular flexibility index (Phi) is 51.5. The van der Waals surface area contributed by atoms with Crippen molar-refractivity contribution in [2.45, 2.75) is 290 Å². The zero-order chi connectivity index (χ0) is 53.6.